The number of aromatic nitrogens is 8. The molecule has 1 fully saturated rings. The average Bonchev–Trinajstić information content (AvgIpc) is 3.49. The summed E-state index contributed by atoms with van der Waals surface area (Å²) in [4.78, 5) is 15.9. The standard InChI is InChI=1S/C19H19N9/c20-7-6-19(28-13-21-11-26-28)4-1-15(2-5-19)27-10-14(9-25-27)17-16-3-8-22-18(16)24-12-23-17/h3,8-13,15H,1-2,4-6H2,(H,22,23,24). The molecule has 9 nitrogen and oxygen atoms in total. The zero-order chi connectivity index (χ0) is 19.0. The summed E-state index contributed by atoms with van der Waals surface area (Å²) < 4.78 is 3.90. The molecule has 0 unspecified atom stereocenters. The van der Waals surface area contributed by atoms with Crippen molar-refractivity contribution in [3.63, 3.8) is 0 Å². The number of rotatable bonds is 4. The van der Waals surface area contributed by atoms with Crippen molar-refractivity contribution in [1.82, 2.24) is 39.5 Å². The van der Waals surface area contributed by atoms with Gasteiger partial charge in [0.25, 0.3) is 0 Å². The van der Waals surface area contributed by atoms with E-state index in [1.54, 1.807) is 12.7 Å². The third-order valence-corrected chi connectivity index (χ3v) is 5.80. The van der Waals surface area contributed by atoms with Crippen molar-refractivity contribution in [2.24, 2.45) is 0 Å². The minimum Gasteiger partial charge on any atom is -0.346 e. The fourth-order valence-corrected chi connectivity index (χ4v) is 4.25. The van der Waals surface area contributed by atoms with Gasteiger partial charge in [-0.15, -0.1) is 0 Å². The molecule has 0 amide bonds. The lowest BCUT2D eigenvalue weighted by Gasteiger charge is -2.38. The molecule has 9 heteroatoms. The van der Waals surface area contributed by atoms with E-state index in [1.807, 2.05) is 27.8 Å². The maximum absolute atomic E-state index is 9.32. The molecule has 4 heterocycles. The molecule has 0 saturated heterocycles. The van der Waals surface area contributed by atoms with Crippen LogP contribution in [0.2, 0.25) is 0 Å². The fourth-order valence-electron chi connectivity index (χ4n) is 4.25. The lowest BCUT2D eigenvalue weighted by Crippen LogP contribution is -2.38. The first-order valence-electron chi connectivity index (χ1n) is 9.34. The fraction of sp³-hybridized carbons (Fsp3) is 0.368. The minimum absolute atomic E-state index is 0.262. The molecule has 5 rings (SSSR count). The number of hydrogen-bond acceptors (Lipinski definition) is 6. The maximum Gasteiger partial charge on any atom is 0.141 e. The molecule has 4 aromatic heterocycles. The van der Waals surface area contributed by atoms with Crippen LogP contribution >= 0.6 is 0 Å². The Morgan fingerprint density at radius 2 is 2.11 bits per heavy atom. The van der Waals surface area contributed by atoms with E-state index in [4.69, 9.17) is 0 Å². The maximum atomic E-state index is 9.32. The summed E-state index contributed by atoms with van der Waals surface area (Å²) in [7, 11) is 0. The first-order chi connectivity index (χ1) is 13.8. The monoisotopic (exact) mass is 373 g/mol. The second-order valence-electron chi connectivity index (χ2n) is 7.30. The Kier molecular flexibility index (Phi) is 3.90. The molecule has 4 aromatic rings. The molecule has 0 bridgehead atoms. The molecule has 0 aromatic carbocycles. The predicted octanol–water partition coefficient (Wildman–Crippen LogP) is 2.84. The molecule has 0 radical (unpaired) electrons. The van der Waals surface area contributed by atoms with Gasteiger partial charge in [0.1, 0.15) is 24.6 Å². The quantitative estimate of drug-likeness (QED) is 0.588. The van der Waals surface area contributed by atoms with Gasteiger partial charge in [0.05, 0.1) is 36.0 Å². The van der Waals surface area contributed by atoms with Gasteiger partial charge in [0.2, 0.25) is 0 Å². The van der Waals surface area contributed by atoms with Gasteiger partial charge in [-0.25, -0.2) is 19.6 Å². The van der Waals surface area contributed by atoms with Crippen LogP contribution in [0.15, 0.2) is 43.6 Å². The smallest absolute Gasteiger partial charge is 0.141 e. The van der Waals surface area contributed by atoms with Crippen LogP contribution in [0.25, 0.3) is 22.3 Å². The Labute approximate surface area is 161 Å². The summed E-state index contributed by atoms with van der Waals surface area (Å²) in [6.45, 7) is 0. The van der Waals surface area contributed by atoms with Crippen molar-refractivity contribution in [3.05, 3.63) is 43.6 Å². The molecule has 140 valence electrons. The molecule has 0 atom stereocenters. The lowest BCUT2D eigenvalue weighted by molar-refractivity contribution is 0.140. The second-order valence-corrected chi connectivity index (χ2v) is 7.30. The van der Waals surface area contributed by atoms with Crippen LogP contribution in [0.3, 0.4) is 0 Å². The number of nitriles is 1. The van der Waals surface area contributed by atoms with Crippen LogP contribution in [-0.2, 0) is 5.54 Å². The molecule has 0 aliphatic heterocycles. The molecule has 1 saturated carbocycles. The largest absolute Gasteiger partial charge is 0.346 e. The first-order valence-corrected chi connectivity index (χ1v) is 9.34. The van der Waals surface area contributed by atoms with Crippen LogP contribution < -0.4 is 0 Å². The normalized spacial score (nSPS) is 22.3. The van der Waals surface area contributed by atoms with Gasteiger partial charge in [0.15, 0.2) is 0 Å². The Bertz CT molecular complexity index is 1120. The molecule has 28 heavy (non-hydrogen) atoms. The minimum atomic E-state index is -0.262. The Balaban J connectivity index is 1.38. The van der Waals surface area contributed by atoms with E-state index in [1.165, 1.54) is 6.33 Å². The Morgan fingerprint density at radius 3 is 2.89 bits per heavy atom. The first kappa shape index (κ1) is 16.6. The number of nitrogens with one attached hydrogen (secondary N) is 1. The van der Waals surface area contributed by atoms with Crippen molar-refractivity contribution in [3.8, 4) is 17.3 Å². The SMILES string of the molecule is N#CCC1(n2cncn2)CCC(n2cc(-c3ncnc4[nH]ccc34)cn2)CC1. The summed E-state index contributed by atoms with van der Waals surface area (Å²) in [5, 5.41) is 19.2. The summed E-state index contributed by atoms with van der Waals surface area (Å²) in [5.74, 6) is 0. The second kappa shape index (κ2) is 6.56. The zero-order valence-corrected chi connectivity index (χ0v) is 15.2. The number of aromatic amines is 1. The topological polar surface area (TPSA) is 114 Å². The van der Waals surface area contributed by atoms with Crippen LogP contribution in [0, 0.1) is 11.3 Å². The highest BCUT2D eigenvalue weighted by Gasteiger charge is 2.38. The van der Waals surface area contributed by atoms with Crippen LogP contribution in [0.1, 0.15) is 38.1 Å². The molecular weight excluding hydrogens is 354 g/mol. The zero-order valence-electron chi connectivity index (χ0n) is 15.2. The van der Waals surface area contributed by atoms with E-state index in [0.29, 0.717) is 12.5 Å². The van der Waals surface area contributed by atoms with E-state index < -0.39 is 0 Å². The van der Waals surface area contributed by atoms with Crippen molar-refractivity contribution in [1.29, 1.82) is 5.26 Å². The average molecular weight is 373 g/mol. The van der Waals surface area contributed by atoms with Gasteiger partial charge in [0, 0.05) is 23.3 Å². The molecule has 0 spiro atoms. The van der Waals surface area contributed by atoms with Gasteiger partial charge >= 0.3 is 0 Å². The highest BCUT2D eigenvalue weighted by Crippen LogP contribution is 2.41. The summed E-state index contributed by atoms with van der Waals surface area (Å²) in [6, 6.07) is 4.61. The molecule has 1 N–H and O–H groups in total. The molecule has 1 aliphatic rings. The number of nitrogens with zero attached hydrogens (tertiary/aromatic N) is 8. The molecule has 1 aliphatic carbocycles. The van der Waals surface area contributed by atoms with E-state index in [2.05, 4.69) is 42.4 Å². The van der Waals surface area contributed by atoms with E-state index >= 15 is 0 Å². The van der Waals surface area contributed by atoms with E-state index in [-0.39, 0.29) is 5.54 Å². The summed E-state index contributed by atoms with van der Waals surface area (Å²) in [5.41, 5.74) is 2.43. The van der Waals surface area contributed by atoms with Gasteiger partial charge in [-0.1, -0.05) is 0 Å². The Hall–Kier alpha value is -3.54. The number of hydrogen-bond donors (Lipinski definition) is 1. The highest BCUT2D eigenvalue weighted by atomic mass is 15.4. The van der Waals surface area contributed by atoms with Crippen LogP contribution in [-0.4, -0.2) is 39.5 Å². The van der Waals surface area contributed by atoms with Gasteiger partial charge in [-0.2, -0.15) is 15.5 Å². The van der Waals surface area contributed by atoms with E-state index in [0.717, 1.165) is 48.0 Å². The van der Waals surface area contributed by atoms with Gasteiger partial charge in [-0.3, -0.25) is 4.68 Å². The van der Waals surface area contributed by atoms with Crippen LogP contribution in [0.5, 0.6) is 0 Å². The molecular formula is C19H19N9. The van der Waals surface area contributed by atoms with Gasteiger partial charge in [-0.05, 0) is 31.7 Å². The van der Waals surface area contributed by atoms with Crippen molar-refractivity contribution < 1.29 is 0 Å². The Morgan fingerprint density at radius 1 is 1.21 bits per heavy atom. The van der Waals surface area contributed by atoms with Crippen LogP contribution in [0.4, 0.5) is 0 Å². The van der Waals surface area contributed by atoms with Crippen molar-refractivity contribution in [2.45, 2.75) is 43.7 Å². The third-order valence-electron chi connectivity index (χ3n) is 5.80. The number of fused-ring (bicyclic) bond motifs is 1. The summed E-state index contributed by atoms with van der Waals surface area (Å²) >= 11 is 0. The highest BCUT2D eigenvalue weighted by molar-refractivity contribution is 5.89. The van der Waals surface area contributed by atoms with Crippen molar-refractivity contribution >= 4 is 11.0 Å². The van der Waals surface area contributed by atoms with Crippen molar-refractivity contribution in [2.75, 3.05) is 0 Å². The third kappa shape index (κ3) is 2.65. The van der Waals surface area contributed by atoms with Gasteiger partial charge < -0.3 is 4.98 Å². The predicted molar refractivity (Wildman–Crippen MR) is 101 cm³/mol. The van der Waals surface area contributed by atoms with E-state index in [9.17, 15) is 5.26 Å². The lowest BCUT2D eigenvalue weighted by atomic mass is 9.77. The number of H-pyrrole nitrogens is 1. The summed E-state index contributed by atoms with van der Waals surface area (Å²) in [6.07, 6.45) is 14.7.